The van der Waals surface area contributed by atoms with Crippen LogP contribution in [0.3, 0.4) is 0 Å². The smallest absolute Gasteiger partial charge is 0.0867 e. The Morgan fingerprint density at radius 3 is 0.840 bits per heavy atom. The first-order chi connectivity index (χ1) is 36.6. The van der Waals surface area contributed by atoms with Crippen LogP contribution in [0.4, 0.5) is 0 Å². The predicted molar refractivity (Wildman–Crippen MR) is 359 cm³/mol. The standard InChI is InChI=1S/C68H115NP2Si4/c1-13-46-72(47-14-2,48-15-3)65-42-38-61(39-43-65)70(62-40-44-66(45-41-62)73(49-16-4,50-17-5)51-18-6)69(60-32-28-26-25-27-29-33-60)71(63-34-30-36-67(58-63)74(52-19-7,53-20-8)54-21-9)64-35-31-37-68(59-64)75(55-22-10,56-23-11)57-24-12/h30-31,34-45,58-60H,13-29,32-33,46-57H2,1-12H3. The number of hydrogen-bond acceptors (Lipinski definition) is 1. The van der Waals surface area contributed by atoms with E-state index in [1.165, 1.54) is 195 Å². The van der Waals surface area contributed by atoms with Crippen LogP contribution in [-0.2, 0) is 0 Å². The number of nitrogens with zero attached hydrogens (tertiary/aromatic N) is 1. The molecule has 0 radical (unpaired) electrons. The zero-order valence-corrected chi connectivity index (χ0v) is 56.9. The summed E-state index contributed by atoms with van der Waals surface area (Å²) in [6, 6.07) is 61.0. The fourth-order valence-electron chi connectivity index (χ4n) is 15.7. The highest BCUT2D eigenvalue weighted by atomic mass is 31.2. The van der Waals surface area contributed by atoms with Crippen LogP contribution in [0.2, 0.25) is 72.5 Å². The van der Waals surface area contributed by atoms with E-state index in [1.54, 1.807) is 42.0 Å². The van der Waals surface area contributed by atoms with Gasteiger partial charge >= 0.3 is 0 Å². The normalized spacial score (nSPS) is 14.5. The molecule has 0 spiro atoms. The van der Waals surface area contributed by atoms with Gasteiger partial charge in [0.15, 0.2) is 0 Å². The van der Waals surface area contributed by atoms with Crippen LogP contribution in [0, 0.1) is 0 Å². The molecule has 1 fully saturated rings. The summed E-state index contributed by atoms with van der Waals surface area (Å²) in [7, 11) is -8.56. The summed E-state index contributed by atoms with van der Waals surface area (Å²) in [5, 5.41) is 13.5. The lowest BCUT2D eigenvalue weighted by Crippen LogP contribution is -2.49. The zero-order chi connectivity index (χ0) is 54.2. The lowest BCUT2D eigenvalue weighted by atomic mass is 9.97. The van der Waals surface area contributed by atoms with Crippen molar-refractivity contribution in [1.29, 1.82) is 0 Å². The minimum atomic E-state index is -1.75. The molecule has 1 saturated carbocycles. The van der Waals surface area contributed by atoms with Gasteiger partial charge in [-0.05, 0) is 34.1 Å². The molecule has 7 heteroatoms. The van der Waals surface area contributed by atoms with Gasteiger partial charge in [-0.25, -0.2) is 4.44 Å². The van der Waals surface area contributed by atoms with E-state index >= 15 is 0 Å². The van der Waals surface area contributed by atoms with Crippen LogP contribution < -0.4 is 42.0 Å². The third kappa shape index (κ3) is 16.4. The summed E-state index contributed by atoms with van der Waals surface area (Å²) in [6.45, 7) is 29.6. The molecular weight excluding hydrogens is 1010 g/mol. The molecule has 0 heterocycles. The van der Waals surface area contributed by atoms with Gasteiger partial charge in [-0.3, -0.25) is 0 Å². The van der Waals surface area contributed by atoms with E-state index < -0.39 is 48.4 Å². The van der Waals surface area contributed by atoms with Crippen LogP contribution in [0.1, 0.15) is 205 Å². The maximum absolute atomic E-state index is 3.37. The molecule has 0 atom stereocenters. The summed E-state index contributed by atoms with van der Waals surface area (Å²) >= 11 is 0. The summed E-state index contributed by atoms with van der Waals surface area (Å²) in [4.78, 5) is 0. The van der Waals surface area contributed by atoms with E-state index in [0.717, 1.165) is 0 Å². The van der Waals surface area contributed by atoms with Crippen LogP contribution in [0.25, 0.3) is 0 Å². The number of rotatable bonds is 35. The fraction of sp³-hybridized carbons (Fsp3) is 0.647. The molecule has 0 aromatic heterocycles. The third-order valence-corrected chi connectivity index (χ3v) is 47.7. The Morgan fingerprint density at radius 1 is 0.307 bits per heavy atom. The second-order valence-corrected chi connectivity index (χ2v) is 47.3. The van der Waals surface area contributed by atoms with Gasteiger partial charge in [0.1, 0.15) is 0 Å². The van der Waals surface area contributed by atoms with Gasteiger partial charge in [-0.1, -0.05) is 383 Å². The number of benzene rings is 4. The van der Waals surface area contributed by atoms with E-state index in [-0.39, 0.29) is 0 Å². The summed E-state index contributed by atoms with van der Waals surface area (Å²) in [6.07, 6.45) is 25.1. The molecule has 1 aliphatic carbocycles. The van der Waals surface area contributed by atoms with Crippen molar-refractivity contribution in [2.24, 2.45) is 0 Å². The summed E-state index contributed by atoms with van der Waals surface area (Å²) in [5.74, 6) is 0. The molecule has 418 valence electrons. The Labute approximate surface area is 472 Å². The lowest BCUT2D eigenvalue weighted by Gasteiger charge is -2.45. The van der Waals surface area contributed by atoms with Crippen LogP contribution in [-0.4, -0.2) is 42.8 Å². The number of hydrogen-bond donors (Lipinski definition) is 0. The van der Waals surface area contributed by atoms with Crippen LogP contribution in [0.15, 0.2) is 97.1 Å². The van der Waals surface area contributed by atoms with Crippen molar-refractivity contribution in [3.63, 3.8) is 0 Å². The molecule has 0 saturated heterocycles. The molecule has 0 bridgehead atoms. The third-order valence-electron chi connectivity index (χ3n) is 18.4. The van der Waals surface area contributed by atoms with E-state index in [9.17, 15) is 0 Å². The van der Waals surface area contributed by atoms with E-state index in [0.29, 0.717) is 6.04 Å². The predicted octanol–water partition coefficient (Wildman–Crippen LogP) is 19.0. The highest BCUT2D eigenvalue weighted by Crippen LogP contribution is 2.58. The molecular formula is C68H115NP2Si4. The van der Waals surface area contributed by atoms with Crippen molar-refractivity contribution >= 4 is 90.4 Å². The SMILES string of the molecule is CCC[Si](CCC)(CCC)c1ccc(P(c2ccc([Si](CCC)(CCC)CCC)cc2)N(C2CCCCCCC2)P(c2cccc([Si](CCC)(CCC)CCC)c2)c2cccc([Si](CCC)(CCC)CCC)c2)cc1. The van der Waals surface area contributed by atoms with Gasteiger partial charge in [0.2, 0.25) is 0 Å². The van der Waals surface area contributed by atoms with Gasteiger partial charge in [0.05, 0.1) is 32.3 Å². The quantitative estimate of drug-likeness (QED) is 0.0328. The average molecular weight is 1120 g/mol. The van der Waals surface area contributed by atoms with Crippen molar-refractivity contribution in [1.82, 2.24) is 4.44 Å². The van der Waals surface area contributed by atoms with Gasteiger partial charge in [-0.2, -0.15) is 0 Å². The minimum absolute atomic E-state index is 0.532. The molecule has 0 N–H and O–H groups in total. The van der Waals surface area contributed by atoms with E-state index in [1.807, 2.05) is 0 Å². The monoisotopic (exact) mass is 1120 g/mol. The Hall–Kier alpha value is -1.43. The highest BCUT2D eigenvalue weighted by Gasteiger charge is 2.42. The maximum Gasteiger partial charge on any atom is 0.0867 e. The molecule has 0 unspecified atom stereocenters. The Bertz CT molecular complexity index is 1960. The van der Waals surface area contributed by atoms with Crippen molar-refractivity contribution in [2.45, 2.75) is 284 Å². The van der Waals surface area contributed by atoms with E-state index in [2.05, 4.69) is 185 Å². The second kappa shape index (κ2) is 33.4. The fourth-order valence-corrected chi connectivity index (χ4v) is 43.9. The Kier molecular flexibility index (Phi) is 28.6. The summed E-state index contributed by atoms with van der Waals surface area (Å²) in [5.41, 5.74) is 0. The van der Waals surface area contributed by atoms with E-state index in [4.69, 9.17) is 0 Å². The topological polar surface area (TPSA) is 3.24 Å². The molecule has 0 amide bonds. The molecule has 0 aliphatic heterocycles. The minimum Gasteiger partial charge on any atom is -0.242 e. The van der Waals surface area contributed by atoms with Gasteiger partial charge in [-0.15, -0.1) is 0 Å². The van der Waals surface area contributed by atoms with Crippen LogP contribution >= 0.6 is 16.1 Å². The van der Waals surface area contributed by atoms with Crippen molar-refractivity contribution in [3.8, 4) is 0 Å². The Balaban J connectivity index is 1.97. The summed E-state index contributed by atoms with van der Waals surface area (Å²) < 4.78 is 3.37. The maximum atomic E-state index is 3.37. The zero-order valence-electron chi connectivity index (χ0n) is 51.1. The van der Waals surface area contributed by atoms with Crippen molar-refractivity contribution < 1.29 is 0 Å². The molecule has 5 rings (SSSR count). The molecule has 4 aromatic carbocycles. The lowest BCUT2D eigenvalue weighted by molar-refractivity contribution is 0.373. The first-order valence-electron chi connectivity index (χ1n) is 32.4. The first kappa shape index (κ1) is 64.4. The molecule has 1 nitrogen and oxygen atoms in total. The van der Waals surface area contributed by atoms with Crippen molar-refractivity contribution in [3.05, 3.63) is 97.1 Å². The van der Waals surface area contributed by atoms with Gasteiger partial charge in [0, 0.05) is 22.2 Å². The highest BCUT2D eigenvalue weighted by molar-refractivity contribution is 7.84. The Morgan fingerprint density at radius 2 is 0.560 bits per heavy atom. The van der Waals surface area contributed by atoms with Crippen LogP contribution in [0.5, 0.6) is 0 Å². The largest absolute Gasteiger partial charge is 0.242 e. The first-order valence-corrected chi connectivity index (χ1v) is 45.5. The van der Waals surface area contributed by atoms with Gasteiger partial charge < -0.3 is 0 Å². The molecule has 75 heavy (non-hydrogen) atoms. The van der Waals surface area contributed by atoms with Gasteiger partial charge in [0.25, 0.3) is 0 Å². The average Bonchev–Trinajstić information content (AvgIpc) is 3.40. The second-order valence-electron chi connectivity index (χ2n) is 24.3. The van der Waals surface area contributed by atoms with Crippen molar-refractivity contribution in [2.75, 3.05) is 0 Å². The molecule has 1 aliphatic rings. The molecule has 4 aromatic rings.